The highest BCUT2D eigenvalue weighted by Crippen LogP contribution is 2.22. The van der Waals surface area contributed by atoms with Crippen LogP contribution in [0.4, 0.5) is 5.69 Å². The zero-order chi connectivity index (χ0) is 12.8. The number of hydrogen-bond donors (Lipinski definition) is 1. The van der Waals surface area contributed by atoms with Gasteiger partial charge in [-0.3, -0.25) is 0 Å². The average Bonchev–Trinajstić information content (AvgIpc) is 2.32. The molecule has 96 valence electrons. The Morgan fingerprint density at radius 3 is 2.47 bits per heavy atom. The number of anilines is 1. The highest BCUT2D eigenvalue weighted by Gasteiger charge is 2.10. The van der Waals surface area contributed by atoms with Gasteiger partial charge in [0.2, 0.25) is 0 Å². The van der Waals surface area contributed by atoms with E-state index in [0.717, 1.165) is 5.92 Å². The van der Waals surface area contributed by atoms with Crippen molar-refractivity contribution < 1.29 is 0 Å². The summed E-state index contributed by atoms with van der Waals surface area (Å²) in [6, 6.07) is 7.07. The van der Waals surface area contributed by atoms with Crippen LogP contribution in [0.1, 0.15) is 45.6 Å². The Kier molecular flexibility index (Phi) is 6.04. The Morgan fingerprint density at radius 2 is 1.94 bits per heavy atom. The monoisotopic (exact) mass is 297 g/mol. The molecule has 1 aromatic carbocycles. The fourth-order valence-electron chi connectivity index (χ4n) is 1.95. The van der Waals surface area contributed by atoms with Crippen molar-refractivity contribution >= 4 is 21.6 Å². The number of nitrogens with one attached hydrogen (secondary N) is 1. The molecule has 0 bridgehead atoms. The van der Waals surface area contributed by atoms with Crippen LogP contribution in [0, 0.1) is 12.8 Å². The molecule has 0 aliphatic rings. The minimum atomic E-state index is 0.588. The van der Waals surface area contributed by atoms with E-state index in [-0.39, 0.29) is 0 Å². The molecule has 0 saturated heterocycles. The van der Waals surface area contributed by atoms with Crippen LogP contribution < -0.4 is 5.32 Å². The fraction of sp³-hybridized carbons (Fsp3) is 0.600. The number of halogens is 1. The average molecular weight is 298 g/mol. The van der Waals surface area contributed by atoms with E-state index in [1.807, 2.05) is 0 Å². The molecular weight excluding hydrogens is 274 g/mol. The van der Waals surface area contributed by atoms with Crippen molar-refractivity contribution in [3.05, 3.63) is 28.2 Å². The Bertz CT molecular complexity index is 349. The lowest BCUT2D eigenvalue weighted by Gasteiger charge is -2.21. The van der Waals surface area contributed by atoms with E-state index < -0.39 is 0 Å². The summed E-state index contributed by atoms with van der Waals surface area (Å²) in [5.41, 5.74) is 2.52. The van der Waals surface area contributed by atoms with Crippen LogP contribution in [0.25, 0.3) is 0 Å². The third-order valence-electron chi connectivity index (χ3n) is 3.41. The Labute approximate surface area is 114 Å². The number of rotatable bonds is 6. The third-order valence-corrected chi connectivity index (χ3v) is 4.30. The first-order valence-electron chi connectivity index (χ1n) is 6.59. The Hall–Kier alpha value is -0.500. The van der Waals surface area contributed by atoms with Crippen molar-refractivity contribution in [2.75, 3.05) is 5.32 Å². The standard InChI is InChI=1S/C15H24BrN/c1-5-11(3)9-13(6-2)17-14-7-8-15(16)12(4)10-14/h7-8,10-11,13,17H,5-6,9H2,1-4H3. The predicted molar refractivity (Wildman–Crippen MR) is 80.7 cm³/mol. The molecule has 2 heteroatoms. The molecule has 17 heavy (non-hydrogen) atoms. The molecule has 0 aliphatic heterocycles. The van der Waals surface area contributed by atoms with Gasteiger partial charge in [0.05, 0.1) is 0 Å². The second kappa shape index (κ2) is 7.05. The second-order valence-electron chi connectivity index (χ2n) is 4.96. The summed E-state index contributed by atoms with van der Waals surface area (Å²) >= 11 is 3.54. The van der Waals surface area contributed by atoms with Gasteiger partial charge in [-0.2, -0.15) is 0 Å². The summed E-state index contributed by atoms with van der Waals surface area (Å²) in [5, 5.41) is 3.64. The number of benzene rings is 1. The van der Waals surface area contributed by atoms with Crippen molar-refractivity contribution in [2.24, 2.45) is 5.92 Å². The maximum Gasteiger partial charge on any atom is 0.0345 e. The lowest BCUT2D eigenvalue weighted by Crippen LogP contribution is -2.21. The molecule has 0 aliphatic carbocycles. The van der Waals surface area contributed by atoms with Gasteiger partial charge in [-0.25, -0.2) is 0 Å². The smallest absolute Gasteiger partial charge is 0.0345 e. The quantitative estimate of drug-likeness (QED) is 0.743. The molecule has 2 atom stereocenters. The first-order chi connectivity index (χ1) is 8.06. The van der Waals surface area contributed by atoms with Gasteiger partial charge in [-0.1, -0.05) is 43.1 Å². The molecule has 0 fully saturated rings. The zero-order valence-electron chi connectivity index (χ0n) is 11.4. The molecule has 0 amide bonds. The predicted octanol–water partition coefficient (Wildman–Crippen LogP) is 5.38. The van der Waals surface area contributed by atoms with Gasteiger partial charge in [0.1, 0.15) is 0 Å². The van der Waals surface area contributed by atoms with Gasteiger partial charge < -0.3 is 5.32 Å². The maximum atomic E-state index is 3.64. The summed E-state index contributed by atoms with van der Waals surface area (Å²) in [7, 11) is 0. The molecule has 2 unspecified atom stereocenters. The molecule has 1 nitrogen and oxygen atoms in total. The lowest BCUT2D eigenvalue weighted by molar-refractivity contribution is 0.462. The Morgan fingerprint density at radius 1 is 1.24 bits per heavy atom. The second-order valence-corrected chi connectivity index (χ2v) is 5.82. The third kappa shape index (κ3) is 4.71. The van der Waals surface area contributed by atoms with E-state index in [1.165, 1.54) is 35.0 Å². The van der Waals surface area contributed by atoms with Gasteiger partial charge in [-0.05, 0) is 49.4 Å². The van der Waals surface area contributed by atoms with Crippen LogP contribution in [-0.4, -0.2) is 6.04 Å². The van der Waals surface area contributed by atoms with Gasteiger partial charge in [0.15, 0.2) is 0 Å². The Balaban J connectivity index is 2.63. The highest BCUT2D eigenvalue weighted by atomic mass is 79.9. The summed E-state index contributed by atoms with van der Waals surface area (Å²) in [6.45, 7) is 8.98. The van der Waals surface area contributed by atoms with Crippen molar-refractivity contribution in [1.29, 1.82) is 0 Å². The van der Waals surface area contributed by atoms with Crippen LogP contribution in [0.2, 0.25) is 0 Å². The molecular formula is C15H24BrN. The zero-order valence-corrected chi connectivity index (χ0v) is 13.0. The maximum absolute atomic E-state index is 3.64. The molecule has 0 radical (unpaired) electrons. The van der Waals surface area contributed by atoms with Gasteiger partial charge >= 0.3 is 0 Å². The lowest BCUT2D eigenvalue weighted by atomic mass is 9.97. The molecule has 0 heterocycles. The van der Waals surface area contributed by atoms with Gasteiger partial charge in [-0.15, -0.1) is 0 Å². The van der Waals surface area contributed by atoms with E-state index in [4.69, 9.17) is 0 Å². The largest absolute Gasteiger partial charge is 0.382 e. The molecule has 1 rings (SSSR count). The van der Waals surface area contributed by atoms with Crippen LogP contribution in [0.5, 0.6) is 0 Å². The molecule has 1 N–H and O–H groups in total. The summed E-state index contributed by atoms with van der Waals surface area (Å²) in [5.74, 6) is 0.795. The van der Waals surface area contributed by atoms with Gasteiger partial charge in [0.25, 0.3) is 0 Å². The van der Waals surface area contributed by atoms with Crippen molar-refractivity contribution in [2.45, 2.75) is 53.0 Å². The molecule has 0 saturated carbocycles. The normalized spacial score (nSPS) is 14.4. The van der Waals surface area contributed by atoms with E-state index in [1.54, 1.807) is 0 Å². The molecule has 1 aromatic rings. The van der Waals surface area contributed by atoms with Crippen molar-refractivity contribution in [3.8, 4) is 0 Å². The van der Waals surface area contributed by atoms with Crippen LogP contribution in [0.3, 0.4) is 0 Å². The fourth-order valence-corrected chi connectivity index (χ4v) is 2.20. The van der Waals surface area contributed by atoms with E-state index in [2.05, 4.69) is 67.1 Å². The highest BCUT2D eigenvalue weighted by molar-refractivity contribution is 9.10. The van der Waals surface area contributed by atoms with Crippen LogP contribution in [-0.2, 0) is 0 Å². The van der Waals surface area contributed by atoms with Crippen molar-refractivity contribution in [1.82, 2.24) is 0 Å². The van der Waals surface area contributed by atoms with Gasteiger partial charge in [0, 0.05) is 16.2 Å². The minimum Gasteiger partial charge on any atom is -0.382 e. The first kappa shape index (κ1) is 14.6. The van der Waals surface area contributed by atoms with E-state index in [0.29, 0.717) is 6.04 Å². The number of aryl methyl sites for hydroxylation is 1. The minimum absolute atomic E-state index is 0.588. The van der Waals surface area contributed by atoms with E-state index >= 15 is 0 Å². The molecule has 0 aromatic heterocycles. The van der Waals surface area contributed by atoms with E-state index in [9.17, 15) is 0 Å². The van der Waals surface area contributed by atoms with Crippen LogP contribution >= 0.6 is 15.9 Å². The van der Waals surface area contributed by atoms with Crippen LogP contribution in [0.15, 0.2) is 22.7 Å². The first-order valence-corrected chi connectivity index (χ1v) is 7.38. The van der Waals surface area contributed by atoms with Crippen molar-refractivity contribution in [3.63, 3.8) is 0 Å². The SMILES string of the molecule is CCC(C)CC(CC)Nc1ccc(Br)c(C)c1. The number of hydrogen-bond acceptors (Lipinski definition) is 1. The topological polar surface area (TPSA) is 12.0 Å². The molecule has 0 spiro atoms. The summed E-state index contributed by atoms with van der Waals surface area (Å²) in [6.07, 6.45) is 3.69. The summed E-state index contributed by atoms with van der Waals surface area (Å²) in [4.78, 5) is 0. The summed E-state index contributed by atoms with van der Waals surface area (Å²) < 4.78 is 1.18.